The van der Waals surface area contributed by atoms with E-state index in [-0.39, 0.29) is 0 Å². The summed E-state index contributed by atoms with van der Waals surface area (Å²) in [6, 6.07) is 6.40. The molecule has 37 heavy (non-hydrogen) atoms. The average molecular weight is 542 g/mol. The standard InChI is InChI=1S/C20H31N3.2C2HF3O2/c1-17-5-2-8-19(21-17)16-22-13-10-20(11-14-22)9-4-12-23(20)15-18-6-3-7-18;2*3-2(4,5)1(6)7/h2,5,8,18H,3-4,6-7,9-16H2,1H3;2*(H,6,7). The van der Waals surface area contributed by atoms with E-state index in [1.165, 1.54) is 76.8 Å². The van der Waals surface area contributed by atoms with Gasteiger partial charge in [0.25, 0.3) is 0 Å². The maximum atomic E-state index is 10.6. The fourth-order valence-electron chi connectivity index (χ4n) is 4.88. The quantitative estimate of drug-likeness (QED) is 0.525. The molecule has 3 aliphatic rings. The largest absolute Gasteiger partial charge is 0.490 e. The van der Waals surface area contributed by atoms with Crippen LogP contribution in [0, 0.1) is 12.8 Å². The highest BCUT2D eigenvalue weighted by atomic mass is 19.4. The van der Waals surface area contributed by atoms with Gasteiger partial charge < -0.3 is 10.2 Å². The van der Waals surface area contributed by atoms with Crippen LogP contribution in [0.4, 0.5) is 26.3 Å². The topological polar surface area (TPSA) is 94.0 Å². The molecule has 1 saturated carbocycles. The van der Waals surface area contributed by atoms with Crippen LogP contribution in [0.5, 0.6) is 0 Å². The Bertz CT molecular complexity index is 873. The third-order valence-corrected chi connectivity index (χ3v) is 7.05. The fourth-order valence-corrected chi connectivity index (χ4v) is 4.88. The summed E-state index contributed by atoms with van der Waals surface area (Å²) >= 11 is 0. The molecule has 0 amide bonds. The maximum Gasteiger partial charge on any atom is 0.490 e. The van der Waals surface area contributed by atoms with Crippen molar-refractivity contribution in [3.8, 4) is 0 Å². The van der Waals surface area contributed by atoms with Gasteiger partial charge in [-0.05, 0) is 70.0 Å². The molecule has 210 valence electrons. The molecule has 3 fully saturated rings. The molecule has 1 spiro atoms. The molecule has 13 heteroatoms. The van der Waals surface area contributed by atoms with E-state index in [1.807, 2.05) is 0 Å². The number of carboxylic acids is 2. The molecule has 1 aromatic heterocycles. The Labute approximate surface area is 211 Å². The van der Waals surface area contributed by atoms with E-state index in [0.29, 0.717) is 5.54 Å². The summed E-state index contributed by atoms with van der Waals surface area (Å²) < 4.78 is 63.5. The summed E-state index contributed by atoms with van der Waals surface area (Å²) in [5, 5.41) is 14.2. The van der Waals surface area contributed by atoms with Crippen LogP contribution < -0.4 is 0 Å². The minimum absolute atomic E-state index is 0.548. The number of likely N-dealkylation sites (tertiary alicyclic amines) is 2. The van der Waals surface area contributed by atoms with Gasteiger partial charge in [-0.25, -0.2) is 9.59 Å². The highest BCUT2D eigenvalue weighted by Crippen LogP contribution is 2.41. The monoisotopic (exact) mass is 541 g/mol. The number of rotatable bonds is 4. The molecule has 7 nitrogen and oxygen atoms in total. The van der Waals surface area contributed by atoms with Gasteiger partial charge in [0, 0.05) is 37.4 Å². The summed E-state index contributed by atoms with van der Waals surface area (Å²) in [5.74, 6) is -4.50. The summed E-state index contributed by atoms with van der Waals surface area (Å²) in [5.41, 5.74) is 2.92. The highest BCUT2D eigenvalue weighted by molar-refractivity contribution is 5.73. The first-order chi connectivity index (χ1) is 17.1. The Kier molecular flexibility index (Phi) is 10.7. The number of piperidine rings is 1. The average Bonchev–Trinajstić information content (AvgIpc) is 3.14. The van der Waals surface area contributed by atoms with Crippen molar-refractivity contribution in [2.75, 3.05) is 26.2 Å². The van der Waals surface area contributed by atoms with Crippen molar-refractivity contribution in [3.63, 3.8) is 0 Å². The molecule has 2 aliphatic heterocycles. The van der Waals surface area contributed by atoms with Crippen LogP contribution in [0.2, 0.25) is 0 Å². The van der Waals surface area contributed by atoms with Gasteiger partial charge in [0.1, 0.15) is 0 Å². The molecule has 2 saturated heterocycles. The molecule has 0 aromatic carbocycles. The van der Waals surface area contributed by atoms with Crippen molar-refractivity contribution in [2.45, 2.75) is 76.3 Å². The third-order valence-electron chi connectivity index (χ3n) is 7.05. The maximum absolute atomic E-state index is 10.6. The van der Waals surface area contributed by atoms with Gasteiger partial charge in [0.15, 0.2) is 0 Å². The Balaban J connectivity index is 0.000000286. The lowest BCUT2D eigenvalue weighted by Gasteiger charge is -2.47. The van der Waals surface area contributed by atoms with Crippen LogP contribution >= 0.6 is 0 Å². The number of carboxylic acid groups (broad SMARTS) is 2. The number of hydrogen-bond donors (Lipinski definition) is 2. The van der Waals surface area contributed by atoms with E-state index in [9.17, 15) is 26.3 Å². The second-order valence-corrected chi connectivity index (χ2v) is 9.72. The van der Waals surface area contributed by atoms with Crippen LogP contribution in [-0.2, 0) is 16.1 Å². The van der Waals surface area contributed by atoms with Gasteiger partial charge in [0.05, 0.1) is 5.69 Å². The predicted octanol–water partition coefficient (Wildman–Crippen LogP) is 4.89. The lowest BCUT2D eigenvalue weighted by atomic mass is 9.81. The first-order valence-corrected chi connectivity index (χ1v) is 12.1. The van der Waals surface area contributed by atoms with Gasteiger partial charge in [-0.2, -0.15) is 26.3 Å². The molecule has 0 bridgehead atoms. The normalized spacial score (nSPS) is 20.3. The van der Waals surface area contributed by atoms with Gasteiger partial charge in [-0.3, -0.25) is 14.8 Å². The van der Waals surface area contributed by atoms with Gasteiger partial charge in [-0.1, -0.05) is 12.5 Å². The zero-order chi connectivity index (χ0) is 27.9. The number of alkyl halides is 6. The molecule has 3 heterocycles. The van der Waals surface area contributed by atoms with Gasteiger partial charge >= 0.3 is 24.3 Å². The number of pyridine rings is 1. The van der Waals surface area contributed by atoms with Crippen molar-refractivity contribution in [3.05, 3.63) is 29.6 Å². The Morgan fingerprint density at radius 3 is 1.92 bits per heavy atom. The number of carbonyl (C=O) groups is 2. The molecule has 1 aromatic rings. The number of aryl methyl sites for hydroxylation is 1. The Morgan fingerprint density at radius 1 is 0.946 bits per heavy atom. The van der Waals surface area contributed by atoms with Gasteiger partial charge in [-0.15, -0.1) is 0 Å². The third kappa shape index (κ3) is 9.76. The van der Waals surface area contributed by atoms with Crippen LogP contribution in [0.15, 0.2) is 18.2 Å². The van der Waals surface area contributed by atoms with Crippen LogP contribution in [0.3, 0.4) is 0 Å². The zero-order valence-electron chi connectivity index (χ0n) is 20.6. The van der Waals surface area contributed by atoms with E-state index in [2.05, 4.69) is 39.9 Å². The van der Waals surface area contributed by atoms with E-state index in [1.54, 1.807) is 0 Å². The number of hydrogen-bond acceptors (Lipinski definition) is 5. The van der Waals surface area contributed by atoms with E-state index >= 15 is 0 Å². The zero-order valence-corrected chi connectivity index (χ0v) is 20.6. The smallest absolute Gasteiger partial charge is 0.475 e. The SMILES string of the molecule is Cc1cccc(CN2CCC3(CCCN3CC3CCC3)CC2)n1.O=C(O)C(F)(F)F.O=C(O)C(F)(F)F. The van der Waals surface area contributed by atoms with Crippen molar-refractivity contribution < 1.29 is 46.1 Å². The summed E-state index contributed by atoms with van der Waals surface area (Å²) in [6.07, 6.45) is -0.127. The van der Waals surface area contributed by atoms with Crippen LogP contribution in [0.1, 0.15) is 56.3 Å². The second kappa shape index (κ2) is 12.9. The lowest BCUT2D eigenvalue weighted by Crippen LogP contribution is -2.53. The molecule has 0 atom stereocenters. The molecule has 0 unspecified atom stereocenters. The summed E-state index contributed by atoms with van der Waals surface area (Å²) in [6.45, 7) is 8.36. The first-order valence-electron chi connectivity index (χ1n) is 12.1. The van der Waals surface area contributed by atoms with Crippen molar-refractivity contribution >= 4 is 11.9 Å². The van der Waals surface area contributed by atoms with E-state index in [0.717, 1.165) is 18.2 Å². The van der Waals surface area contributed by atoms with Crippen molar-refractivity contribution in [1.82, 2.24) is 14.8 Å². The molecular weight excluding hydrogens is 508 g/mol. The number of halogens is 6. The van der Waals surface area contributed by atoms with E-state index in [4.69, 9.17) is 19.8 Å². The lowest BCUT2D eigenvalue weighted by molar-refractivity contribution is -0.193. The van der Waals surface area contributed by atoms with Gasteiger partial charge in [0.2, 0.25) is 0 Å². The van der Waals surface area contributed by atoms with E-state index < -0.39 is 24.3 Å². The van der Waals surface area contributed by atoms with Crippen molar-refractivity contribution in [2.24, 2.45) is 5.92 Å². The Morgan fingerprint density at radius 2 is 1.49 bits per heavy atom. The van der Waals surface area contributed by atoms with Crippen LogP contribution in [0.25, 0.3) is 0 Å². The molecular formula is C24H33F6N3O4. The summed E-state index contributed by atoms with van der Waals surface area (Å²) in [4.78, 5) is 28.0. The number of aromatic nitrogens is 1. The first kappa shape index (κ1) is 30.8. The molecule has 2 N–H and O–H groups in total. The van der Waals surface area contributed by atoms with Crippen LogP contribution in [-0.4, -0.2) is 81.0 Å². The minimum Gasteiger partial charge on any atom is -0.475 e. The second-order valence-electron chi connectivity index (χ2n) is 9.72. The molecule has 4 rings (SSSR count). The number of nitrogens with zero attached hydrogens (tertiary/aromatic N) is 3. The molecule has 0 radical (unpaired) electrons. The highest BCUT2D eigenvalue weighted by Gasteiger charge is 2.44. The molecule has 1 aliphatic carbocycles. The predicted molar refractivity (Wildman–Crippen MR) is 122 cm³/mol. The summed E-state index contributed by atoms with van der Waals surface area (Å²) in [7, 11) is 0. The number of aliphatic carboxylic acids is 2. The minimum atomic E-state index is -5.08. The van der Waals surface area contributed by atoms with Crippen molar-refractivity contribution in [1.29, 1.82) is 0 Å². The fraction of sp³-hybridized carbons (Fsp3) is 0.708. The Hall–Kier alpha value is -2.41.